The number of hydrogen-bond acceptors (Lipinski definition) is 3. The molecule has 0 spiro atoms. The van der Waals surface area contributed by atoms with E-state index in [-0.39, 0.29) is 24.3 Å². The van der Waals surface area contributed by atoms with Crippen molar-refractivity contribution in [2.75, 3.05) is 19.6 Å². The standard InChI is InChI=1S/C16H28N2O3/c1-16(2,3)15(21)17-13-6-12(7-14(19)20)9-18(10-13)8-11-4-5-11/h11-13H,4-10H2,1-3H3,(H,17,21)(H,19,20). The average molecular weight is 296 g/mol. The summed E-state index contributed by atoms with van der Waals surface area (Å²) in [6.07, 6.45) is 3.55. The summed E-state index contributed by atoms with van der Waals surface area (Å²) >= 11 is 0. The molecule has 0 bridgehead atoms. The predicted octanol–water partition coefficient (Wildman–Crippen LogP) is 1.72. The minimum atomic E-state index is -0.742. The van der Waals surface area contributed by atoms with Crippen LogP contribution in [0, 0.1) is 17.3 Å². The van der Waals surface area contributed by atoms with Gasteiger partial charge >= 0.3 is 5.97 Å². The summed E-state index contributed by atoms with van der Waals surface area (Å²) in [5.74, 6) is 0.233. The van der Waals surface area contributed by atoms with Crippen molar-refractivity contribution in [3.63, 3.8) is 0 Å². The molecule has 5 heteroatoms. The highest BCUT2D eigenvalue weighted by Gasteiger charge is 2.34. The second-order valence-corrected chi connectivity index (χ2v) is 7.78. The second-order valence-electron chi connectivity index (χ2n) is 7.78. The van der Waals surface area contributed by atoms with Crippen LogP contribution in [0.3, 0.4) is 0 Å². The largest absolute Gasteiger partial charge is 0.481 e. The van der Waals surface area contributed by atoms with E-state index in [1.165, 1.54) is 12.8 Å². The molecule has 2 aliphatic rings. The van der Waals surface area contributed by atoms with Crippen LogP contribution in [-0.2, 0) is 9.59 Å². The van der Waals surface area contributed by atoms with Crippen molar-refractivity contribution in [3.05, 3.63) is 0 Å². The molecule has 0 aromatic carbocycles. The Labute approximate surface area is 127 Å². The fourth-order valence-corrected chi connectivity index (χ4v) is 3.02. The van der Waals surface area contributed by atoms with Gasteiger partial charge in [0.25, 0.3) is 0 Å². The molecule has 21 heavy (non-hydrogen) atoms. The Morgan fingerprint density at radius 3 is 2.38 bits per heavy atom. The molecule has 1 heterocycles. The minimum Gasteiger partial charge on any atom is -0.481 e. The van der Waals surface area contributed by atoms with Gasteiger partial charge in [0.2, 0.25) is 5.91 Å². The van der Waals surface area contributed by atoms with Crippen LogP contribution in [0.2, 0.25) is 0 Å². The number of amides is 1. The number of carboxylic acid groups (broad SMARTS) is 1. The Morgan fingerprint density at radius 1 is 1.19 bits per heavy atom. The lowest BCUT2D eigenvalue weighted by Gasteiger charge is -2.38. The Balaban J connectivity index is 1.94. The first-order valence-corrected chi connectivity index (χ1v) is 7.99. The molecule has 0 aromatic rings. The lowest BCUT2D eigenvalue weighted by atomic mass is 9.89. The Hall–Kier alpha value is -1.10. The molecule has 1 saturated heterocycles. The first-order chi connectivity index (χ1) is 9.74. The molecule has 2 N–H and O–H groups in total. The summed E-state index contributed by atoms with van der Waals surface area (Å²) in [4.78, 5) is 25.5. The van der Waals surface area contributed by atoms with Crippen LogP contribution >= 0.6 is 0 Å². The van der Waals surface area contributed by atoms with Crippen molar-refractivity contribution in [1.82, 2.24) is 10.2 Å². The zero-order valence-corrected chi connectivity index (χ0v) is 13.4. The second kappa shape index (κ2) is 6.34. The summed E-state index contributed by atoms with van der Waals surface area (Å²) in [7, 11) is 0. The summed E-state index contributed by atoms with van der Waals surface area (Å²) in [6, 6.07) is 0.0774. The molecule has 1 aliphatic carbocycles. The molecule has 1 amide bonds. The number of aliphatic carboxylic acids is 1. The third kappa shape index (κ3) is 5.30. The van der Waals surface area contributed by atoms with Crippen molar-refractivity contribution in [1.29, 1.82) is 0 Å². The van der Waals surface area contributed by atoms with Crippen LogP contribution < -0.4 is 5.32 Å². The van der Waals surface area contributed by atoms with Crippen LogP contribution in [0.1, 0.15) is 46.5 Å². The first kappa shape index (κ1) is 16.3. The van der Waals surface area contributed by atoms with Gasteiger partial charge in [0.1, 0.15) is 0 Å². The van der Waals surface area contributed by atoms with Gasteiger partial charge in [-0.3, -0.25) is 9.59 Å². The van der Waals surface area contributed by atoms with E-state index in [4.69, 9.17) is 5.11 Å². The van der Waals surface area contributed by atoms with Gasteiger partial charge in [-0.15, -0.1) is 0 Å². The van der Waals surface area contributed by atoms with E-state index in [9.17, 15) is 9.59 Å². The smallest absolute Gasteiger partial charge is 0.303 e. The van der Waals surface area contributed by atoms with Crippen LogP contribution in [0.4, 0.5) is 0 Å². The fraction of sp³-hybridized carbons (Fsp3) is 0.875. The van der Waals surface area contributed by atoms with E-state index in [0.717, 1.165) is 32.0 Å². The summed E-state index contributed by atoms with van der Waals surface area (Å²) in [6.45, 7) is 8.47. The van der Waals surface area contributed by atoms with Crippen LogP contribution in [-0.4, -0.2) is 47.6 Å². The lowest BCUT2D eigenvalue weighted by molar-refractivity contribution is -0.138. The summed E-state index contributed by atoms with van der Waals surface area (Å²) in [5, 5.41) is 12.1. The zero-order valence-electron chi connectivity index (χ0n) is 13.4. The summed E-state index contributed by atoms with van der Waals surface area (Å²) in [5.41, 5.74) is -0.402. The first-order valence-electron chi connectivity index (χ1n) is 7.99. The highest BCUT2D eigenvalue weighted by atomic mass is 16.4. The Morgan fingerprint density at radius 2 is 1.86 bits per heavy atom. The maximum absolute atomic E-state index is 12.2. The van der Waals surface area contributed by atoms with Crippen LogP contribution in [0.25, 0.3) is 0 Å². The van der Waals surface area contributed by atoms with Gasteiger partial charge in [0.15, 0.2) is 0 Å². The normalized spacial score (nSPS) is 27.4. The molecule has 0 radical (unpaired) electrons. The topological polar surface area (TPSA) is 69.6 Å². The van der Waals surface area contributed by atoms with Gasteiger partial charge < -0.3 is 15.3 Å². The molecule has 2 atom stereocenters. The quantitative estimate of drug-likeness (QED) is 0.810. The molecular weight excluding hydrogens is 268 g/mol. The molecular formula is C16H28N2O3. The number of likely N-dealkylation sites (tertiary alicyclic amines) is 1. The van der Waals surface area contributed by atoms with E-state index < -0.39 is 11.4 Å². The molecule has 1 aliphatic heterocycles. The highest BCUT2D eigenvalue weighted by molar-refractivity contribution is 5.81. The third-order valence-electron chi connectivity index (χ3n) is 4.31. The van der Waals surface area contributed by atoms with Gasteiger partial charge in [-0.05, 0) is 31.1 Å². The molecule has 2 rings (SSSR count). The minimum absolute atomic E-state index is 0.0508. The molecule has 2 fully saturated rings. The summed E-state index contributed by atoms with van der Waals surface area (Å²) < 4.78 is 0. The van der Waals surface area contributed by atoms with E-state index in [2.05, 4.69) is 10.2 Å². The van der Waals surface area contributed by atoms with Gasteiger partial charge in [-0.25, -0.2) is 0 Å². The van der Waals surface area contributed by atoms with Crippen molar-refractivity contribution in [3.8, 4) is 0 Å². The number of nitrogens with one attached hydrogen (secondary N) is 1. The van der Waals surface area contributed by atoms with Crippen LogP contribution in [0.5, 0.6) is 0 Å². The maximum atomic E-state index is 12.2. The van der Waals surface area contributed by atoms with Gasteiger partial charge in [0, 0.05) is 37.5 Å². The van der Waals surface area contributed by atoms with E-state index >= 15 is 0 Å². The molecule has 5 nitrogen and oxygen atoms in total. The molecule has 0 aromatic heterocycles. The monoisotopic (exact) mass is 296 g/mol. The van der Waals surface area contributed by atoms with Gasteiger partial charge in [-0.2, -0.15) is 0 Å². The van der Waals surface area contributed by atoms with Gasteiger partial charge in [-0.1, -0.05) is 20.8 Å². The number of carbonyl (C=O) groups excluding carboxylic acids is 1. The fourth-order valence-electron chi connectivity index (χ4n) is 3.02. The number of carboxylic acids is 1. The number of piperidine rings is 1. The maximum Gasteiger partial charge on any atom is 0.303 e. The molecule has 1 saturated carbocycles. The van der Waals surface area contributed by atoms with Crippen LogP contribution in [0.15, 0.2) is 0 Å². The van der Waals surface area contributed by atoms with E-state index in [1.54, 1.807) is 0 Å². The Kier molecular flexibility index (Phi) is 4.91. The Bertz CT molecular complexity index is 399. The predicted molar refractivity (Wildman–Crippen MR) is 80.9 cm³/mol. The third-order valence-corrected chi connectivity index (χ3v) is 4.31. The number of nitrogens with zero attached hydrogens (tertiary/aromatic N) is 1. The number of rotatable bonds is 5. The van der Waals surface area contributed by atoms with Crippen molar-refractivity contribution >= 4 is 11.9 Å². The highest BCUT2D eigenvalue weighted by Crippen LogP contribution is 2.32. The average Bonchev–Trinajstić information content (AvgIpc) is 3.10. The van der Waals surface area contributed by atoms with Crippen molar-refractivity contribution < 1.29 is 14.7 Å². The zero-order chi connectivity index (χ0) is 15.6. The van der Waals surface area contributed by atoms with Gasteiger partial charge in [0.05, 0.1) is 0 Å². The van der Waals surface area contributed by atoms with E-state index in [1.807, 2.05) is 20.8 Å². The number of carbonyl (C=O) groups is 2. The lowest BCUT2D eigenvalue weighted by Crippen LogP contribution is -2.53. The molecule has 120 valence electrons. The molecule has 2 unspecified atom stereocenters. The van der Waals surface area contributed by atoms with E-state index in [0.29, 0.717) is 0 Å². The van der Waals surface area contributed by atoms with Crippen molar-refractivity contribution in [2.24, 2.45) is 17.3 Å². The van der Waals surface area contributed by atoms with Crippen molar-refractivity contribution in [2.45, 2.75) is 52.5 Å². The number of hydrogen-bond donors (Lipinski definition) is 2. The SMILES string of the molecule is CC(C)(C)C(=O)NC1CC(CC(=O)O)CN(CC2CC2)C1.